The highest BCUT2D eigenvalue weighted by Gasteiger charge is 2.22. The van der Waals surface area contributed by atoms with E-state index in [0.29, 0.717) is 6.04 Å². The predicted molar refractivity (Wildman–Crippen MR) is 98.0 cm³/mol. The smallest absolute Gasteiger partial charge is 0.0410 e. The van der Waals surface area contributed by atoms with Gasteiger partial charge >= 0.3 is 0 Å². The fraction of sp³-hybridized carbons (Fsp3) is 0.333. The van der Waals surface area contributed by atoms with Crippen LogP contribution in [0.25, 0.3) is 0 Å². The molecular weight excluding hydrogens is 266 g/mol. The van der Waals surface area contributed by atoms with Gasteiger partial charge in [-0.3, -0.25) is 0 Å². The van der Waals surface area contributed by atoms with Crippen LogP contribution in [0.5, 0.6) is 0 Å². The summed E-state index contributed by atoms with van der Waals surface area (Å²) in [5.74, 6) is 0. The van der Waals surface area contributed by atoms with Gasteiger partial charge in [0.05, 0.1) is 0 Å². The molecule has 0 bridgehead atoms. The molecule has 0 aromatic heterocycles. The summed E-state index contributed by atoms with van der Waals surface area (Å²) in [6.45, 7) is 10.1. The van der Waals surface area contributed by atoms with Gasteiger partial charge in [-0.15, -0.1) is 0 Å². The molecule has 0 saturated heterocycles. The molecule has 1 atom stereocenters. The molecule has 1 fully saturated rings. The van der Waals surface area contributed by atoms with Crippen LogP contribution >= 0.6 is 0 Å². The number of hydrogen-bond acceptors (Lipinski definition) is 1. The number of nitrogens with zero attached hydrogens (tertiary/aromatic N) is 1. The Morgan fingerprint density at radius 3 is 2.64 bits per heavy atom. The second kappa shape index (κ2) is 8.43. The fourth-order valence-corrected chi connectivity index (χ4v) is 3.13. The Labute approximate surface area is 135 Å². The second-order valence-electron chi connectivity index (χ2n) is 5.97. The lowest BCUT2D eigenvalue weighted by molar-refractivity contribution is 0.557. The van der Waals surface area contributed by atoms with Crippen LogP contribution in [-0.4, -0.2) is 6.04 Å². The summed E-state index contributed by atoms with van der Waals surface area (Å²) in [6, 6.07) is 11.3. The molecule has 1 aliphatic rings. The van der Waals surface area contributed by atoms with Crippen LogP contribution in [0.15, 0.2) is 79.1 Å². The highest BCUT2D eigenvalue weighted by molar-refractivity contribution is 5.53. The van der Waals surface area contributed by atoms with Crippen molar-refractivity contribution in [2.24, 2.45) is 0 Å². The molecule has 1 aromatic rings. The Hall–Kier alpha value is -2.02. The van der Waals surface area contributed by atoms with Crippen LogP contribution in [0, 0.1) is 0 Å². The average Bonchev–Trinajstić information content (AvgIpc) is 2.74. The van der Waals surface area contributed by atoms with Crippen molar-refractivity contribution in [2.75, 3.05) is 4.90 Å². The maximum atomic E-state index is 4.19. The molecule has 0 aliphatic heterocycles. The van der Waals surface area contributed by atoms with Gasteiger partial charge in [0.2, 0.25) is 0 Å². The highest BCUT2D eigenvalue weighted by Crippen LogP contribution is 2.31. The number of rotatable bonds is 5. The van der Waals surface area contributed by atoms with Crippen LogP contribution in [0.4, 0.5) is 5.69 Å². The normalized spacial score (nSPS) is 20.0. The molecule has 116 valence electrons. The lowest BCUT2D eigenvalue weighted by Gasteiger charge is -2.34. The van der Waals surface area contributed by atoms with Crippen molar-refractivity contribution in [2.45, 2.75) is 45.1 Å². The van der Waals surface area contributed by atoms with Gasteiger partial charge in [-0.1, -0.05) is 55.2 Å². The lowest BCUT2D eigenvalue weighted by atomic mass is 10.0. The van der Waals surface area contributed by atoms with Gasteiger partial charge in [-0.25, -0.2) is 0 Å². The summed E-state index contributed by atoms with van der Waals surface area (Å²) in [5, 5.41) is 0. The topological polar surface area (TPSA) is 3.24 Å². The second-order valence-corrected chi connectivity index (χ2v) is 5.97. The van der Waals surface area contributed by atoms with E-state index in [9.17, 15) is 0 Å². The van der Waals surface area contributed by atoms with Crippen molar-refractivity contribution < 1.29 is 0 Å². The van der Waals surface area contributed by atoms with Gasteiger partial charge in [-0.2, -0.15) is 0 Å². The standard InChI is InChI=1S/C21H27N/c1-4-5-7-12-19(3)22(20-13-8-6-9-14-20)21-15-10-11-18(2)16-17-21/h4-9,12-14,21H,1-2,10-11,15-17H2,3H3/b7-5-,19-12+. The first-order valence-electron chi connectivity index (χ1n) is 8.19. The minimum atomic E-state index is 0.551. The molecule has 22 heavy (non-hydrogen) atoms. The fourth-order valence-electron chi connectivity index (χ4n) is 3.13. The summed E-state index contributed by atoms with van der Waals surface area (Å²) < 4.78 is 0. The molecule has 0 heterocycles. The van der Waals surface area contributed by atoms with E-state index in [1.807, 2.05) is 12.2 Å². The van der Waals surface area contributed by atoms with E-state index >= 15 is 0 Å². The first-order valence-corrected chi connectivity index (χ1v) is 8.19. The third-order valence-electron chi connectivity index (χ3n) is 4.26. The zero-order chi connectivity index (χ0) is 15.8. The van der Waals surface area contributed by atoms with Crippen molar-refractivity contribution in [3.63, 3.8) is 0 Å². The monoisotopic (exact) mass is 293 g/mol. The molecule has 2 rings (SSSR count). The molecule has 1 nitrogen and oxygen atoms in total. The quantitative estimate of drug-likeness (QED) is 0.364. The molecule has 0 amide bonds. The van der Waals surface area contributed by atoms with E-state index in [4.69, 9.17) is 0 Å². The Morgan fingerprint density at radius 1 is 1.14 bits per heavy atom. The first kappa shape index (κ1) is 16.4. The number of hydrogen-bond donors (Lipinski definition) is 0. The predicted octanol–water partition coefficient (Wildman–Crippen LogP) is 6.03. The zero-order valence-electron chi connectivity index (χ0n) is 13.7. The van der Waals surface area contributed by atoms with Crippen molar-refractivity contribution in [1.29, 1.82) is 0 Å². The third kappa shape index (κ3) is 4.49. The number of anilines is 1. The Balaban J connectivity index is 2.28. The third-order valence-corrected chi connectivity index (χ3v) is 4.26. The Morgan fingerprint density at radius 2 is 1.91 bits per heavy atom. The lowest BCUT2D eigenvalue weighted by Crippen LogP contribution is -2.33. The zero-order valence-corrected chi connectivity index (χ0v) is 13.7. The summed E-state index contributed by atoms with van der Waals surface area (Å²) >= 11 is 0. The molecule has 1 aromatic carbocycles. The molecule has 1 unspecified atom stereocenters. The highest BCUT2D eigenvalue weighted by atomic mass is 15.2. The van der Waals surface area contributed by atoms with Crippen molar-refractivity contribution in [1.82, 2.24) is 0 Å². The molecule has 0 spiro atoms. The Bertz CT molecular complexity index is 551. The van der Waals surface area contributed by atoms with Crippen molar-refractivity contribution in [3.8, 4) is 0 Å². The van der Waals surface area contributed by atoms with E-state index in [1.165, 1.54) is 42.6 Å². The van der Waals surface area contributed by atoms with E-state index in [-0.39, 0.29) is 0 Å². The maximum Gasteiger partial charge on any atom is 0.0410 e. The first-order chi connectivity index (χ1) is 10.7. The number of benzene rings is 1. The van der Waals surface area contributed by atoms with E-state index in [1.54, 1.807) is 0 Å². The van der Waals surface area contributed by atoms with Crippen LogP contribution < -0.4 is 4.90 Å². The van der Waals surface area contributed by atoms with Crippen LogP contribution in [0.1, 0.15) is 39.0 Å². The molecule has 0 N–H and O–H groups in total. The molecule has 1 aliphatic carbocycles. The molecule has 1 saturated carbocycles. The van der Waals surface area contributed by atoms with Gasteiger partial charge in [0, 0.05) is 17.4 Å². The van der Waals surface area contributed by atoms with Gasteiger partial charge in [0.1, 0.15) is 0 Å². The van der Waals surface area contributed by atoms with Crippen molar-refractivity contribution in [3.05, 3.63) is 79.1 Å². The van der Waals surface area contributed by atoms with Gasteiger partial charge in [0.25, 0.3) is 0 Å². The van der Waals surface area contributed by atoms with E-state index in [2.05, 4.69) is 67.5 Å². The minimum Gasteiger partial charge on any atom is -0.342 e. The summed E-state index contributed by atoms with van der Waals surface area (Å²) in [6.07, 6.45) is 14.0. The molecule has 1 heteroatoms. The number of para-hydroxylation sites is 1. The van der Waals surface area contributed by atoms with Gasteiger partial charge in [0.15, 0.2) is 0 Å². The van der Waals surface area contributed by atoms with Crippen LogP contribution in [-0.2, 0) is 0 Å². The summed E-state index contributed by atoms with van der Waals surface area (Å²) in [4.78, 5) is 2.49. The molecule has 0 radical (unpaired) electrons. The van der Waals surface area contributed by atoms with Crippen LogP contribution in [0.3, 0.4) is 0 Å². The number of allylic oxidation sites excluding steroid dienone is 6. The van der Waals surface area contributed by atoms with Crippen LogP contribution in [0.2, 0.25) is 0 Å². The van der Waals surface area contributed by atoms with Gasteiger partial charge in [-0.05, 0) is 57.2 Å². The molecular formula is C21H27N. The van der Waals surface area contributed by atoms with Gasteiger partial charge < -0.3 is 4.90 Å². The van der Waals surface area contributed by atoms with E-state index in [0.717, 1.165) is 6.42 Å². The van der Waals surface area contributed by atoms with Crippen molar-refractivity contribution >= 4 is 5.69 Å². The van der Waals surface area contributed by atoms with E-state index < -0.39 is 0 Å². The largest absolute Gasteiger partial charge is 0.342 e. The maximum absolute atomic E-state index is 4.19. The SMILES string of the molecule is C=C/C=C\C=C(/C)N(c1ccccc1)C1CCCC(=C)CC1. The summed E-state index contributed by atoms with van der Waals surface area (Å²) in [7, 11) is 0. The Kier molecular flexibility index (Phi) is 6.27. The average molecular weight is 293 g/mol. The minimum absolute atomic E-state index is 0.551. The summed E-state index contributed by atoms with van der Waals surface area (Å²) in [5.41, 5.74) is 3.96.